The molecule has 128 valence electrons. The highest BCUT2D eigenvalue weighted by Gasteiger charge is 2.09. The average molecular weight is 395 g/mol. The first-order valence-corrected chi connectivity index (χ1v) is 8.00. The Labute approximate surface area is 149 Å². The van der Waals surface area contributed by atoms with Crippen LogP contribution in [-0.2, 0) is 19.1 Å². The molecule has 0 aromatic heterocycles. The fourth-order valence-corrected chi connectivity index (χ4v) is 2.10. The smallest absolute Gasteiger partial charge is 0.331 e. The van der Waals surface area contributed by atoms with E-state index < -0.39 is 18.5 Å². The summed E-state index contributed by atoms with van der Waals surface area (Å²) < 4.78 is 5.64. The van der Waals surface area contributed by atoms with Crippen LogP contribution < -0.4 is 10.6 Å². The van der Waals surface area contributed by atoms with E-state index in [4.69, 9.17) is 4.74 Å². The molecule has 0 aliphatic rings. The van der Waals surface area contributed by atoms with Crippen LogP contribution >= 0.6 is 15.9 Å². The van der Waals surface area contributed by atoms with Crippen molar-refractivity contribution in [1.29, 1.82) is 0 Å². The lowest BCUT2D eigenvalue weighted by Gasteiger charge is -2.09. The summed E-state index contributed by atoms with van der Waals surface area (Å²) in [6.45, 7) is 3.02. The molecule has 0 aliphatic carbocycles. The zero-order chi connectivity index (χ0) is 17.9. The summed E-state index contributed by atoms with van der Waals surface area (Å²) in [5.74, 6) is -1.54. The Kier molecular flexibility index (Phi) is 8.49. The Bertz CT molecular complexity index is 669. The highest BCUT2D eigenvalue weighted by atomic mass is 79.9. The van der Waals surface area contributed by atoms with Gasteiger partial charge in [0.25, 0.3) is 5.91 Å². The van der Waals surface area contributed by atoms with Gasteiger partial charge >= 0.3 is 5.97 Å². The van der Waals surface area contributed by atoms with E-state index in [2.05, 4.69) is 26.6 Å². The Balaban J connectivity index is 2.33. The molecule has 1 aromatic carbocycles. The van der Waals surface area contributed by atoms with E-state index in [0.717, 1.165) is 10.0 Å². The highest BCUT2D eigenvalue weighted by molar-refractivity contribution is 9.10. The van der Waals surface area contributed by atoms with Crippen molar-refractivity contribution in [1.82, 2.24) is 5.32 Å². The topological polar surface area (TPSA) is 84.5 Å². The van der Waals surface area contributed by atoms with Crippen LogP contribution in [0.5, 0.6) is 0 Å². The molecule has 0 bridgehead atoms. The summed E-state index contributed by atoms with van der Waals surface area (Å²) in [5, 5.41) is 5.07. The van der Waals surface area contributed by atoms with Gasteiger partial charge < -0.3 is 15.4 Å². The average Bonchev–Trinajstić information content (AvgIpc) is 2.54. The van der Waals surface area contributed by atoms with Crippen molar-refractivity contribution in [2.24, 2.45) is 0 Å². The van der Waals surface area contributed by atoms with E-state index in [-0.39, 0.29) is 12.5 Å². The first-order valence-electron chi connectivity index (χ1n) is 7.21. The van der Waals surface area contributed by atoms with Crippen LogP contribution in [-0.4, -0.2) is 30.9 Å². The monoisotopic (exact) mass is 394 g/mol. The highest BCUT2D eigenvalue weighted by Crippen LogP contribution is 2.19. The number of carbonyl (C=O) groups is 3. The fraction of sp³-hybridized carbons (Fsp3) is 0.235. The van der Waals surface area contributed by atoms with E-state index >= 15 is 0 Å². The Hall–Kier alpha value is -2.41. The van der Waals surface area contributed by atoms with Gasteiger partial charge in [0.15, 0.2) is 6.61 Å². The number of hydrogen-bond donors (Lipinski definition) is 2. The van der Waals surface area contributed by atoms with E-state index in [1.165, 1.54) is 12.2 Å². The van der Waals surface area contributed by atoms with Gasteiger partial charge in [0.1, 0.15) is 0 Å². The van der Waals surface area contributed by atoms with Crippen molar-refractivity contribution >= 4 is 39.4 Å². The summed E-state index contributed by atoms with van der Waals surface area (Å²) in [6.07, 6.45) is 6.13. The lowest BCUT2D eigenvalue weighted by Crippen LogP contribution is -2.35. The molecule has 0 unspecified atom stereocenters. The second-order valence-electron chi connectivity index (χ2n) is 4.78. The second-order valence-corrected chi connectivity index (χ2v) is 5.69. The van der Waals surface area contributed by atoms with Crippen molar-refractivity contribution < 1.29 is 19.1 Å². The molecule has 6 nitrogen and oxygen atoms in total. The van der Waals surface area contributed by atoms with Gasteiger partial charge in [-0.05, 0) is 37.6 Å². The number of esters is 1. The van der Waals surface area contributed by atoms with Crippen molar-refractivity contribution in [3.8, 4) is 0 Å². The second kappa shape index (κ2) is 10.4. The van der Waals surface area contributed by atoms with E-state index in [9.17, 15) is 14.4 Å². The first kappa shape index (κ1) is 19.6. The van der Waals surface area contributed by atoms with Crippen LogP contribution in [0.3, 0.4) is 0 Å². The third-order valence-electron chi connectivity index (χ3n) is 2.79. The quantitative estimate of drug-likeness (QED) is 0.422. The van der Waals surface area contributed by atoms with Crippen molar-refractivity contribution in [2.75, 3.05) is 18.5 Å². The van der Waals surface area contributed by atoms with Gasteiger partial charge in [0.05, 0.1) is 6.54 Å². The third-order valence-corrected chi connectivity index (χ3v) is 3.28. The van der Waals surface area contributed by atoms with E-state index in [0.29, 0.717) is 5.69 Å². The predicted octanol–water partition coefficient (Wildman–Crippen LogP) is 2.49. The molecular formula is C17H19BrN2O4. The largest absolute Gasteiger partial charge is 0.452 e. The number of hydrogen-bond acceptors (Lipinski definition) is 4. The molecular weight excluding hydrogens is 376 g/mol. The number of halogens is 1. The molecule has 0 aliphatic heterocycles. The standard InChI is InChI=1S/C17H19BrN2O4/c1-3-4-5-6-17(23)24-11-16(22)19-10-15(21)20-14-8-7-13(18)9-12(14)2/h3-9H,10-11H2,1-2H3,(H,19,22)(H,20,21)/b4-3+,6-5+. The predicted molar refractivity (Wildman–Crippen MR) is 95.4 cm³/mol. The molecule has 2 N–H and O–H groups in total. The van der Waals surface area contributed by atoms with Crippen LogP contribution in [0.4, 0.5) is 5.69 Å². The Morgan fingerprint density at radius 1 is 1.21 bits per heavy atom. The molecule has 2 amide bonds. The number of carbonyl (C=O) groups excluding carboxylic acids is 3. The van der Waals surface area contributed by atoms with Gasteiger partial charge in [-0.1, -0.05) is 34.2 Å². The van der Waals surface area contributed by atoms with Crippen LogP contribution in [0.2, 0.25) is 0 Å². The normalized spacial score (nSPS) is 10.8. The first-order chi connectivity index (χ1) is 11.4. The Morgan fingerprint density at radius 2 is 1.96 bits per heavy atom. The maximum atomic E-state index is 11.8. The summed E-state index contributed by atoms with van der Waals surface area (Å²) in [7, 11) is 0. The van der Waals surface area contributed by atoms with Gasteiger partial charge in [-0.2, -0.15) is 0 Å². The van der Waals surface area contributed by atoms with Crippen LogP contribution in [0.25, 0.3) is 0 Å². The molecule has 24 heavy (non-hydrogen) atoms. The third kappa shape index (κ3) is 7.73. The zero-order valence-corrected chi connectivity index (χ0v) is 15.1. The zero-order valence-electron chi connectivity index (χ0n) is 13.5. The van der Waals surface area contributed by atoms with Crippen molar-refractivity contribution in [3.63, 3.8) is 0 Å². The molecule has 0 heterocycles. The summed E-state index contributed by atoms with van der Waals surface area (Å²) >= 11 is 3.34. The molecule has 0 atom stereocenters. The Morgan fingerprint density at radius 3 is 2.62 bits per heavy atom. The van der Waals surface area contributed by atoms with Crippen LogP contribution in [0.15, 0.2) is 47.0 Å². The minimum Gasteiger partial charge on any atom is -0.452 e. The van der Waals surface area contributed by atoms with Gasteiger partial charge in [0, 0.05) is 16.2 Å². The molecule has 0 radical (unpaired) electrons. The van der Waals surface area contributed by atoms with Crippen molar-refractivity contribution in [2.45, 2.75) is 13.8 Å². The number of rotatable bonds is 7. The fourth-order valence-electron chi connectivity index (χ4n) is 1.62. The maximum absolute atomic E-state index is 11.8. The number of nitrogens with one attached hydrogen (secondary N) is 2. The van der Waals surface area contributed by atoms with Gasteiger partial charge in [0.2, 0.25) is 5.91 Å². The molecule has 1 rings (SSSR count). The van der Waals surface area contributed by atoms with Crippen LogP contribution in [0.1, 0.15) is 12.5 Å². The molecule has 1 aromatic rings. The lowest BCUT2D eigenvalue weighted by molar-refractivity contribution is -0.143. The molecule has 0 saturated carbocycles. The summed E-state index contributed by atoms with van der Waals surface area (Å²) in [6, 6.07) is 5.44. The van der Waals surface area contributed by atoms with Crippen molar-refractivity contribution in [3.05, 3.63) is 52.5 Å². The number of allylic oxidation sites excluding steroid dienone is 3. The number of anilines is 1. The summed E-state index contributed by atoms with van der Waals surface area (Å²) in [5.41, 5.74) is 1.56. The minimum absolute atomic E-state index is 0.208. The van der Waals surface area contributed by atoms with Gasteiger partial charge in [-0.15, -0.1) is 0 Å². The number of aryl methyl sites for hydroxylation is 1. The molecule has 7 heteroatoms. The SMILES string of the molecule is C/C=C/C=C/C(=O)OCC(=O)NCC(=O)Nc1ccc(Br)cc1C. The number of amides is 2. The minimum atomic E-state index is -0.627. The molecule has 0 saturated heterocycles. The molecule has 0 fully saturated rings. The van der Waals surface area contributed by atoms with Crippen LogP contribution in [0, 0.1) is 6.92 Å². The molecule has 0 spiro atoms. The summed E-state index contributed by atoms with van der Waals surface area (Å²) in [4.78, 5) is 34.6. The lowest BCUT2D eigenvalue weighted by atomic mass is 10.2. The van der Waals surface area contributed by atoms with Gasteiger partial charge in [-0.3, -0.25) is 9.59 Å². The number of benzene rings is 1. The van der Waals surface area contributed by atoms with E-state index in [1.54, 1.807) is 18.2 Å². The number of ether oxygens (including phenoxy) is 1. The maximum Gasteiger partial charge on any atom is 0.331 e. The van der Waals surface area contributed by atoms with E-state index in [1.807, 2.05) is 26.0 Å². The van der Waals surface area contributed by atoms with Gasteiger partial charge in [-0.25, -0.2) is 4.79 Å².